The van der Waals surface area contributed by atoms with Gasteiger partial charge >= 0.3 is 0 Å². The Labute approximate surface area is 116 Å². The SMILES string of the molecule is CNCC(CN(C)c1ccc2c(c1)CCO2)C(C)C. The molecule has 0 fully saturated rings. The van der Waals surface area contributed by atoms with Crippen molar-refractivity contribution in [3.63, 3.8) is 0 Å². The van der Waals surface area contributed by atoms with Gasteiger partial charge in [0.15, 0.2) is 0 Å². The first kappa shape index (κ1) is 14.2. The number of nitrogens with zero attached hydrogens (tertiary/aromatic N) is 1. The Kier molecular flexibility index (Phi) is 4.70. The number of rotatable bonds is 6. The smallest absolute Gasteiger partial charge is 0.122 e. The van der Waals surface area contributed by atoms with Crippen LogP contribution in [0.2, 0.25) is 0 Å². The topological polar surface area (TPSA) is 24.5 Å². The highest BCUT2D eigenvalue weighted by atomic mass is 16.5. The van der Waals surface area contributed by atoms with E-state index in [9.17, 15) is 0 Å². The van der Waals surface area contributed by atoms with Crippen LogP contribution in [-0.4, -0.2) is 33.8 Å². The van der Waals surface area contributed by atoms with Gasteiger partial charge in [-0.2, -0.15) is 0 Å². The van der Waals surface area contributed by atoms with Gasteiger partial charge in [0.1, 0.15) is 5.75 Å². The summed E-state index contributed by atoms with van der Waals surface area (Å²) < 4.78 is 5.56. The maximum atomic E-state index is 5.56. The van der Waals surface area contributed by atoms with Crippen molar-refractivity contribution >= 4 is 5.69 Å². The number of hydrogen-bond donors (Lipinski definition) is 1. The molecule has 0 aliphatic carbocycles. The molecule has 106 valence electrons. The Morgan fingerprint density at radius 3 is 2.84 bits per heavy atom. The second-order valence-electron chi connectivity index (χ2n) is 5.83. The summed E-state index contributed by atoms with van der Waals surface area (Å²) in [6, 6.07) is 6.55. The molecule has 3 heteroatoms. The minimum Gasteiger partial charge on any atom is -0.493 e. The highest BCUT2D eigenvalue weighted by Gasteiger charge is 2.17. The van der Waals surface area contributed by atoms with Gasteiger partial charge in [-0.05, 0) is 49.2 Å². The number of ether oxygens (including phenoxy) is 1. The van der Waals surface area contributed by atoms with E-state index in [1.807, 2.05) is 7.05 Å². The molecular formula is C16H26N2O. The van der Waals surface area contributed by atoms with Crippen LogP contribution in [0.1, 0.15) is 19.4 Å². The molecule has 0 spiro atoms. The largest absolute Gasteiger partial charge is 0.493 e. The minimum atomic E-state index is 0.666. The molecule has 1 aromatic rings. The molecule has 0 saturated heterocycles. The summed E-state index contributed by atoms with van der Waals surface area (Å²) in [5.41, 5.74) is 2.64. The summed E-state index contributed by atoms with van der Waals surface area (Å²) in [4.78, 5) is 2.36. The first-order valence-corrected chi connectivity index (χ1v) is 7.23. The van der Waals surface area contributed by atoms with Gasteiger partial charge in [0, 0.05) is 25.7 Å². The zero-order chi connectivity index (χ0) is 13.8. The summed E-state index contributed by atoms with van der Waals surface area (Å²) in [6.07, 6.45) is 1.04. The van der Waals surface area contributed by atoms with Crippen LogP contribution in [0, 0.1) is 11.8 Å². The molecular weight excluding hydrogens is 236 g/mol. The summed E-state index contributed by atoms with van der Waals surface area (Å²) in [5.74, 6) is 2.42. The van der Waals surface area contributed by atoms with Crippen molar-refractivity contribution in [2.75, 3.05) is 38.7 Å². The van der Waals surface area contributed by atoms with Gasteiger partial charge in [-0.25, -0.2) is 0 Å². The van der Waals surface area contributed by atoms with Crippen LogP contribution in [0.25, 0.3) is 0 Å². The number of anilines is 1. The van der Waals surface area contributed by atoms with E-state index in [2.05, 4.69) is 49.3 Å². The first-order valence-electron chi connectivity index (χ1n) is 7.23. The third-order valence-corrected chi connectivity index (χ3v) is 4.03. The molecule has 1 heterocycles. The Morgan fingerprint density at radius 1 is 1.37 bits per heavy atom. The zero-order valence-electron chi connectivity index (χ0n) is 12.6. The molecule has 3 nitrogen and oxygen atoms in total. The average molecular weight is 262 g/mol. The molecule has 0 aromatic heterocycles. The van der Waals surface area contributed by atoms with Crippen LogP contribution in [0.4, 0.5) is 5.69 Å². The fourth-order valence-electron chi connectivity index (χ4n) is 2.64. The van der Waals surface area contributed by atoms with E-state index in [4.69, 9.17) is 4.74 Å². The van der Waals surface area contributed by atoms with E-state index in [1.165, 1.54) is 11.3 Å². The van der Waals surface area contributed by atoms with Crippen molar-refractivity contribution in [1.82, 2.24) is 5.32 Å². The summed E-state index contributed by atoms with van der Waals surface area (Å²) >= 11 is 0. The fourth-order valence-corrected chi connectivity index (χ4v) is 2.64. The van der Waals surface area contributed by atoms with Gasteiger partial charge < -0.3 is 15.0 Å². The van der Waals surface area contributed by atoms with Crippen LogP contribution >= 0.6 is 0 Å². The van der Waals surface area contributed by atoms with Crippen molar-refractivity contribution in [2.45, 2.75) is 20.3 Å². The van der Waals surface area contributed by atoms with Gasteiger partial charge in [0.2, 0.25) is 0 Å². The molecule has 1 aromatic carbocycles. The Hall–Kier alpha value is -1.22. The normalized spacial score (nSPS) is 15.2. The van der Waals surface area contributed by atoms with E-state index < -0.39 is 0 Å². The molecule has 19 heavy (non-hydrogen) atoms. The third-order valence-electron chi connectivity index (χ3n) is 4.03. The fraction of sp³-hybridized carbons (Fsp3) is 0.625. The van der Waals surface area contributed by atoms with Crippen molar-refractivity contribution < 1.29 is 4.74 Å². The molecule has 1 unspecified atom stereocenters. The van der Waals surface area contributed by atoms with E-state index in [0.717, 1.165) is 31.9 Å². The second-order valence-corrected chi connectivity index (χ2v) is 5.83. The van der Waals surface area contributed by atoms with E-state index >= 15 is 0 Å². The van der Waals surface area contributed by atoms with E-state index in [1.54, 1.807) is 0 Å². The van der Waals surface area contributed by atoms with E-state index in [0.29, 0.717) is 11.8 Å². The number of fused-ring (bicyclic) bond motifs is 1. The molecule has 1 aliphatic heterocycles. The monoisotopic (exact) mass is 262 g/mol. The number of benzene rings is 1. The minimum absolute atomic E-state index is 0.666. The maximum absolute atomic E-state index is 5.56. The summed E-state index contributed by atoms with van der Waals surface area (Å²) in [6.45, 7) is 7.57. The van der Waals surface area contributed by atoms with Crippen molar-refractivity contribution in [3.05, 3.63) is 23.8 Å². The second kappa shape index (κ2) is 6.29. The van der Waals surface area contributed by atoms with Gasteiger partial charge in [-0.15, -0.1) is 0 Å². The Bertz CT molecular complexity index is 417. The lowest BCUT2D eigenvalue weighted by Gasteiger charge is -2.28. The van der Waals surface area contributed by atoms with Crippen LogP contribution < -0.4 is 15.0 Å². The van der Waals surface area contributed by atoms with Crippen LogP contribution in [-0.2, 0) is 6.42 Å². The lowest BCUT2D eigenvalue weighted by molar-refractivity contribution is 0.357. The Balaban J connectivity index is 2.04. The summed E-state index contributed by atoms with van der Waals surface area (Å²) in [7, 11) is 4.21. The highest BCUT2D eigenvalue weighted by molar-refractivity contribution is 5.53. The highest BCUT2D eigenvalue weighted by Crippen LogP contribution is 2.29. The van der Waals surface area contributed by atoms with Crippen LogP contribution in [0.3, 0.4) is 0 Å². The molecule has 0 amide bonds. The molecule has 1 N–H and O–H groups in total. The predicted molar refractivity (Wildman–Crippen MR) is 81.2 cm³/mol. The molecule has 2 rings (SSSR count). The number of nitrogens with one attached hydrogen (secondary N) is 1. The van der Waals surface area contributed by atoms with Crippen molar-refractivity contribution in [1.29, 1.82) is 0 Å². The molecule has 0 saturated carbocycles. The van der Waals surface area contributed by atoms with Crippen molar-refractivity contribution in [3.8, 4) is 5.75 Å². The van der Waals surface area contributed by atoms with Crippen LogP contribution in [0.15, 0.2) is 18.2 Å². The van der Waals surface area contributed by atoms with Crippen LogP contribution in [0.5, 0.6) is 5.75 Å². The zero-order valence-corrected chi connectivity index (χ0v) is 12.6. The predicted octanol–water partition coefficient (Wildman–Crippen LogP) is 2.55. The Morgan fingerprint density at radius 2 is 2.16 bits per heavy atom. The lowest BCUT2D eigenvalue weighted by atomic mass is 9.95. The lowest BCUT2D eigenvalue weighted by Crippen LogP contribution is -2.34. The molecule has 1 aliphatic rings. The van der Waals surface area contributed by atoms with Crippen molar-refractivity contribution in [2.24, 2.45) is 11.8 Å². The quantitative estimate of drug-likeness (QED) is 0.852. The van der Waals surface area contributed by atoms with Gasteiger partial charge in [0.25, 0.3) is 0 Å². The number of hydrogen-bond acceptors (Lipinski definition) is 3. The standard InChI is InChI=1S/C16H26N2O/c1-12(2)14(10-17-3)11-18(4)15-5-6-16-13(9-15)7-8-19-16/h5-6,9,12,14,17H,7-8,10-11H2,1-4H3. The first-order chi connectivity index (χ1) is 9.11. The molecule has 0 radical (unpaired) electrons. The summed E-state index contributed by atoms with van der Waals surface area (Å²) in [5, 5.41) is 3.30. The van der Waals surface area contributed by atoms with Gasteiger partial charge in [-0.1, -0.05) is 13.8 Å². The third kappa shape index (κ3) is 3.41. The van der Waals surface area contributed by atoms with Gasteiger partial charge in [0.05, 0.1) is 6.61 Å². The van der Waals surface area contributed by atoms with E-state index in [-0.39, 0.29) is 0 Å². The maximum Gasteiger partial charge on any atom is 0.122 e. The van der Waals surface area contributed by atoms with Gasteiger partial charge in [-0.3, -0.25) is 0 Å². The molecule has 1 atom stereocenters. The molecule has 0 bridgehead atoms. The average Bonchev–Trinajstić information content (AvgIpc) is 2.85.